The first kappa shape index (κ1) is 24.5. The minimum absolute atomic E-state index is 0.0419. The second kappa shape index (κ2) is 10.8. The molecule has 35 heavy (non-hydrogen) atoms. The van der Waals surface area contributed by atoms with E-state index in [4.69, 9.17) is 0 Å². The maximum absolute atomic E-state index is 13.5. The van der Waals surface area contributed by atoms with Crippen molar-refractivity contribution in [1.82, 2.24) is 0 Å². The minimum atomic E-state index is -4.08. The quantitative estimate of drug-likeness (QED) is 0.313. The first-order valence-electron chi connectivity index (χ1n) is 10.8. The summed E-state index contributed by atoms with van der Waals surface area (Å²) in [7, 11) is -4.08. The van der Waals surface area contributed by atoms with Gasteiger partial charge in [-0.05, 0) is 67.6 Å². The number of anilines is 2. The van der Waals surface area contributed by atoms with Gasteiger partial charge in [-0.15, -0.1) is 0 Å². The maximum atomic E-state index is 13.5. The number of carbonyl (C=O) groups is 1. The lowest BCUT2D eigenvalue weighted by atomic mass is 10.2. The van der Waals surface area contributed by atoms with Gasteiger partial charge in [-0.2, -0.15) is 0 Å². The molecule has 8 heteroatoms. The van der Waals surface area contributed by atoms with Crippen LogP contribution in [0.3, 0.4) is 0 Å². The standard InChI is InChI=1S/C27H23FN2O3S2/c1-20-11-17-24(18-12-20)35(32,33)30(22-15-13-21(28)14-16-22)19-27(31)29-25-9-5-6-10-26(25)34-23-7-3-2-4-8-23/h2-18H,19H2,1H3,(H,29,31). The van der Waals surface area contributed by atoms with Crippen LogP contribution >= 0.6 is 11.8 Å². The van der Waals surface area contributed by atoms with E-state index in [-0.39, 0.29) is 10.6 Å². The lowest BCUT2D eigenvalue weighted by molar-refractivity contribution is -0.114. The summed E-state index contributed by atoms with van der Waals surface area (Å²) in [5.74, 6) is -1.02. The van der Waals surface area contributed by atoms with Gasteiger partial charge < -0.3 is 5.32 Å². The molecule has 178 valence electrons. The molecule has 0 saturated heterocycles. The third kappa shape index (κ3) is 6.09. The van der Waals surface area contributed by atoms with Crippen LogP contribution in [0.25, 0.3) is 0 Å². The number of halogens is 1. The molecule has 1 N–H and O–H groups in total. The molecule has 0 unspecified atom stereocenters. The third-order valence-electron chi connectivity index (χ3n) is 5.14. The summed E-state index contributed by atoms with van der Waals surface area (Å²) >= 11 is 1.49. The van der Waals surface area contributed by atoms with Crippen molar-refractivity contribution in [1.29, 1.82) is 0 Å². The fourth-order valence-electron chi connectivity index (χ4n) is 3.35. The molecular formula is C27H23FN2O3S2. The summed E-state index contributed by atoms with van der Waals surface area (Å²) in [6, 6.07) is 28.4. The van der Waals surface area contributed by atoms with Crippen molar-refractivity contribution in [3.05, 3.63) is 115 Å². The average molecular weight is 507 g/mol. The van der Waals surface area contributed by atoms with Gasteiger partial charge in [-0.3, -0.25) is 9.10 Å². The zero-order valence-electron chi connectivity index (χ0n) is 18.9. The van der Waals surface area contributed by atoms with Crippen molar-refractivity contribution in [2.45, 2.75) is 21.6 Å². The zero-order chi connectivity index (χ0) is 24.8. The van der Waals surface area contributed by atoms with Crippen molar-refractivity contribution < 1.29 is 17.6 Å². The minimum Gasteiger partial charge on any atom is -0.323 e. The Morgan fingerprint density at radius 1 is 0.857 bits per heavy atom. The molecule has 0 bridgehead atoms. The highest BCUT2D eigenvalue weighted by Gasteiger charge is 2.27. The molecule has 0 aliphatic rings. The number of nitrogens with one attached hydrogen (secondary N) is 1. The van der Waals surface area contributed by atoms with E-state index >= 15 is 0 Å². The van der Waals surface area contributed by atoms with Crippen molar-refractivity contribution in [3.8, 4) is 0 Å². The number of hydrogen-bond acceptors (Lipinski definition) is 4. The Morgan fingerprint density at radius 2 is 1.49 bits per heavy atom. The van der Waals surface area contributed by atoms with E-state index in [0.29, 0.717) is 5.69 Å². The van der Waals surface area contributed by atoms with Crippen LogP contribution in [0.15, 0.2) is 118 Å². The normalized spacial score (nSPS) is 11.1. The van der Waals surface area contributed by atoms with Gasteiger partial charge in [0.2, 0.25) is 5.91 Å². The third-order valence-corrected chi connectivity index (χ3v) is 8.01. The lowest BCUT2D eigenvalue weighted by Crippen LogP contribution is -2.38. The number of carbonyl (C=O) groups excluding carboxylic acids is 1. The van der Waals surface area contributed by atoms with Gasteiger partial charge in [0, 0.05) is 9.79 Å². The number of hydrogen-bond donors (Lipinski definition) is 1. The molecule has 0 aliphatic heterocycles. The van der Waals surface area contributed by atoms with Gasteiger partial charge in [0.25, 0.3) is 10.0 Å². The number of rotatable bonds is 8. The molecule has 4 aromatic carbocycles. The van der Waals surface area contributed by atoms with E-state index < -0.39 is 28.3 Å². The molecule has 1 amide bonds. The monoisotopic (exact) mass is 506 g/mol. The van der Waals surface area contributed by atoms with Crippen LogP contribution in [0, 0.1) is 12.7 Å². The molecule has 0 aromatic heterocycles. The van der Waals surface area contributed by atoms with E-state index in [1.807, 2.05) is 49.4 Å². The second-order valence-corrected chi connectivity index (χ2v) is 10.7. The number of amides is 1. The number of nitrogens with zero attached hydrogens (tertiary/aromatic N) is 1. The van der Waals surface area contributed by atoms with E-state index in [2.05, 4.69) is 5.32 Å². The van der Waals surface area contributed by atoms with E-state index in [9.17, 15) is 17.6 Å². The highest BCUT2D eigenvalue weighted by atomic mass is 32.2. The number of para-hydroxylation sites is 1. The van der Waals surface area contributed by atoms with Gasteiger partial charge >= 0.3 is 0 Å². The van der Waals surface area contributed by atoms with Gasteiger partial charge in [-0.25, -0.2) is 12.8 Å². The molecule has 0 spiro atoms. The lowest BCUT2D eigenvalue weighted by Gasteiger charge is -2.24. The van der Waals surface area contributed by atoms with Crippen LogP contribution in [-0.4, -0.2) is 20.9 Å². The molecular weight excluding hydrogens is 483 g/mol. The van der Waals surface area contributed by atoms with Crippen molar-refractivity contribution in [2.75, 3.05) is 16.2 Å². The van der Waals surface area contributed by atoms with Gasteiger partial charge in [0.15, 0.2) is 0 Å². The van der Waals surface area contributed by atoms with Crippen molar-refractivity contribution in [3.63, 3.8) is 0 Å². The Balaban J connectivity index is 1.61. The average Bonchev–Trinajstić information content (AvgIpc) is 2.85. The van der Waals surface area contributed by atoms with Crippen LogP contribution in [0.5, 0.6) is 0 Å². The summed E-state index contributed by atoms with van der Waals surface area (Å²) < 4.78 is 41.5. The van der Waals surface area contributed by atoms with Gasteiger partial charge in [-0.1, -0.05) is 59.8 Å². The summed E-state index contributed by atoms with van der Waals surface area (Å²) in [6.45, 7) is 1.37. The highest BCUT2D eigenvalue weighted by molar-refractivity contribution is 7.99. The molecule has 0 heterocycles. The van der Waals surface area contributed by atoms with E-state index in [1.165, 1.54) is 36.0 Å². The largest absolute Gasteiger partial charge is 0.323 e. The molecule has 0 radical (unpaired) electrons. The number of benzene rings is 4. The maximum Gasteiger partial charge on any atom is 0.264 e. The van der Waals surface area contributed by atoms with Crippen LogP contribution in [-0.2, 0) is 14.8 Å². The Labute approximate surface area is 208 Å². The van der Waals surface area contributed by atoms with E-state index in [0.717, 1.165) is 31.8 Å². The van der Waals surface area contributed by atoms with Crippen molar-refractivity contribution >= 4 is 39.1 Å². The zero-order valence-corrected chi connectivity index (χ0v) is 20.5. The second-order valence-electron chi connectivity index (χ2n) is 7.76. The molecule has 4 aromatic rings. The number of aryl methyl sites for hydroxylation is 1. The summed E-state index contributed by atoms with van der Waals surface area (Å²) in [6.07, 6.45) is 0. The van der Waals surface area contributed by atoms with Crippen molar-refractivity contribution in [2.24, 2.45) is 0 Å². The van der Waals surface area contributed by atoms with Crippen LogP contribution in [0.4, 0.5) is 15.8 Å². The predicted octanol–water partition coefficient (Wildman–Crippen LogP) is 6.12. The smallest absolute Gasteiger partial charge is 0.264 e. The molecule has 0 fully saturated rings. The molecule has 0 aliphatic carbocycles. The van der Waals surface area contributed by atoms with Crippen LogP contribution < -0.4 is 9.62 Å². The molecule has 0 atom stereocenters. The molecule has 0 saturated carbocycles. The Bertz CT molecular complexity index is 1410. The fourth-order valence-corrected chi connectivity index (χ4v) is 5.70. The van der Waals surface area contributed by atoms with Gasteiger partial charge in [0.05, 0.1) is 16.3 Å². The number of sulfonamides is 1. The summed E-state index contributed by atoms with van der Waals surface area (Å²) in [5.41, 5.74) is 1.66. The fraction of sp³-hybridized carbons (Fsp3) is 0.0741. The summed E-state index contributed by atoms with van der Waals surface area (Å²) in [5, 5.41) is 2.84. The summed E-state index contributed by atoms with van der Waals surface area (Å²) in [4.78, 5) is 15.0. The van der Waals surface area contributed by atoms with Crippen LogP contribution in [0.1, 0.15) is 5.56 Å². The SMILES string of the molecule is Cc1ccc(S(=O)(=O)N(CC(=O)Nc2ccccc2Sc2ccccc2)c2ccc(F)cc2)cc1. The Hall–Kier alpha value is -3.62. The highest BCUT2D eigenvalue weighted by Crippen LogP contribution is 2.33. The Morgan fingerprint density at radius 3 is 2.17 bits per heavy atom. The first-order valence-corrected chi connectivity index (χ1v) is 13.1. The van der Waals surface area contributed by atoms with E-state index in [1.54, 1.807) is 24.3 Å². The van der Waals surface area contributed by atoms with Gasteiger partial charge in [0.1, 0.15) is 12.4 Å². The first-order chi connectivity index (χ1) is 16.8. The Kier molecular flexibility index (Phi) is 7.53. The molecule has 4 rings (SSSR count). The van der Waals surface area contributed by atoms with Crippen LogP contribution in [0.2, 0.25) is 0 Å². The predicted molar refractivity (Wildman–Crippen MR) is 138 cm³/mol. The topological polar surface area (TPSA) is 66.5 Å². The molecule has 5 nitrogen and oxygen atoms in total.